The lowest BCUT2D eigenvalue weighted by molar-refractivity contribution is -0.149. The van der Waals surface area contributed by atoms with E-state index in [1.807, 2.05) is 78.9 Å². The number of aromatic nitrogens is 8. The van der Waals surface area contributed by atoms with E-state index in [9.17, 15) is 33.6 Å². The molecule has 0 spiro atoms. The van der Waals surface area contributed by atoms with Crippen molar-refractivity contribution in [3.05, 3.63) is 133 Å². The van der Waals surface area contributed by atoms with E-state index in [0.29, 0.717) is 25.8 Å². The number of esters is 1. The van der Waals surface area contributed by atoms with Crippen LogP contribution in [0.1, 0.15) is 42.9 Å². The zero-order valence-corrected chi connectivity index (χ0v) is 42.7. The molecule has 4 aromatic heterocycles. The maximum absolute atomic E-state index is 14.2. The number of amides is 6. The van der Waals surface area contributed by atoms with Gasteiger partial charge in [-0.3, -0.25) is 29.8 Å². The first kappa shape index (κ1) is 56.1. The lowest BCUT2D eigenvalue weighted by atomic mass is 10.1. The van der Waals surface area contributed by atoms with Gasteiger partial charge in [0, 0.05) is 32.2 Å². The van der Waals surface area contributed by atoms with Crippen LogP contribution in [0.25, 0.3) is 22.3 Å². The average molecular weight is 1070 g/mol. The van der Waals surface area contributed by atoms with Gasteiger partial charge >= 0.3 is 24.2 Å². The van der Waals surface area contributed by atoms with Gasteiger partial charge in [0.2, 0.25) is 17.7 Å². The molecule has 0 bridgehead atoms. The zero-order chi connectivity index (χ0) is 55.1. The minimum atomic E-state index is -0.784. The summed E-state index contributed by atoms with van der Waals surface area (Å²) in [7, 11) is 0. The van der Waals surface area contributed by atoms with Crippen LogP contribution < -0.4 is 27.0 Å². The van der Waals surface area contributed by atoms with Crippen LogP contribution in [-0.4, -0.2) is 143 Å². The van der Waals surface area contributed by atoms with Crippen LogP contribution in [-0.2, 0) is 71.0 Å². The minimum Gasteiger partial charge on any atom is -0.465 e. The molecule has 6 amide bonds. The predicted octanol–water partition coefficient (Wildman–Crippen LogP) is 3.92. The number of nitrogens with one attached hydrogen (secondary N) is 4. The highest BCUT2D eigenvalue weighted by molar-refractivity contribution is 5.95. The Morgan fingerprint density at radius 1 is 0.564 bits per heavy atom. The van der Waals surface area contributed by atoms with E-state index in [2.05, 4.69) is 51.2 Å². The van der Waals surface area contributed by atoms with Crippen molar-refractivity contribution in [2.24, 2.45) is 5.73 Å². The van der Waals surface area contributed by atoms with Gasteiger partial charge in [0.25, 0.3) is 0 Å². The number of carbonyl (C=O) groups excluding carboxylic acids is 7. The molecule has 1 atom stereocenters. The number of anilines is 2. The molecule has 408 valence electrons. The van der Waals surface area contributed by atoms with Gasteiger partial charge in [0.15, 0.2) is 34.0 Å². The molecule has 78 heavy (non-hydrogen) atoms. The maximum atomic E-state index is 14.2. The fourth-order valence-corrected chi connectivity index (χ4v) is 7.72. The molecule has 3 aromatic carbocycles. The van der Waals surface area contributed by atoms with Gasteiger partial charge in [-0.25, -0.2) is 44.3 Å². The van der Waals surface area contributed by atoms with Crippen LogP contribution >= 0.6 is 0 Å². The van der Waals surface area contributed by atoms with E-state index in [4.69, 9.17) is 24.7 Å². The number of hydrogen-bond donors (Lipinski definition) is 5. The quantitative estimate of drug-likeness (QED) is 0.0277. The molecule has 1 unspecified atom stereocenters. The van der Waals surface area contributed by atoms with E-state index in [0.717, 1.165) is 16.7 Å². The second-order valence-electron chi connectivity index (χ2n) is 17.4. The van der Waals surface area contributed by atoms with Crippen molar-refractivity contribution in [2.75, 3.05) is 56.5 Å². The number of rotatable bonds is 27. The molecule has 0 aliphatic heterocycles. The van der Waals surface area contributed by atoms with Crippen LogP contribution in [0.3, 0.4) is 0 Å². The molecule has 0 aliphatic rings. The summed E-state index contributed by atoms with van der Waals surface area (Å²) in [6.45, 7) is 0.206. The third-order valence-corrected chi connectivity index (χ3v) is 11.6. The molecule has 6 N–H and O–H groups in total. The number of imidazole rings is 2. The van der Waals surface area contributed by atoms with E-state index < -0.39 is 61.1 Å². The molecule has 0 fully saturated rings. The van der Waals surface area contributed by atoms with Crippen LogP contribution in [0.2, 0.25) is 0 Å². The molecule has 0 aliphatic carbocycles. The first-order valence-electron chi connectivity index (χ1n) is 24.9. The van der Waals surface area contributed by atoms with Crippen molar-refractivity contribution in [2.45, 2.75) is 65.1 Å². The second-order valence-corrected chi connectivity index (χ2v) is 17.4. The van der Waals surface area contributed by atoms with Gasteiger partial charge in [-0.05, 0) is 36.5 Å². The van der Waals surface area contributed by atoms with E-state index in [1.165, 1.54) is 44.2 Å². The summed E-state index contributed by atoms with van der Waals surface area (Å²) in [4.78, 5) is 120. The number of alkyl carbamates (subject to hydrolysis) is 1. The standard InChI is InChI=1S/C52H59N15O11/c1-2-75-43(71)28-64(41(69)26-66-34-60-44-46(56-32-58-48(44)66)62-51(73)77-30-37-16-8-4-9-17-37)23-22-54-40(68)25-65(24-39(53)20-12-13-21-55-50(72)76-29-36-14-6-3-7-15-36)42(70)27-67-35-61-45-47(57-33-59-49(45)67)63-52(74)78-31-38-18-10-5-11-19-38/h3-11,14-19,32-35,39H,2,12-13,20-31,53H2,1H3,(H,54,68)(H,55,72)(H,56,58,62,73)(H,57,59,63,74). The third kappa shape index (κ3) is 17.2. The highest BCUT2D eigenvalue weighted by Gasteiger charge is 2.25. The van der Waals surface area contributed by atoms with Crippen LogP contribution in [0.5, 0.6) is 0 Å². The monoisotopic (exact) mass is 1070 g/mol. The Labute approximate surface area is 447 Å². The van der Waals surface area contributed by atoms with Gasteiger partial charge in [-0.1, -0.05) is 97.4 Å². The summed E-state index contributed by atoms with van der Waals surface area (Å²) in [5, 5.41) is 10.6. The van der Waals surface area contributed by atoms with Crippen molar-refractivity contribution < 1.29 is 52.5 Å². The first-order valence-corrected chi connectivity index (χ1v) is 24.9. The van der Waals surface area contributed by atoms with Gasteiger partial charge in [-0.2, -0.15) is 0 Å². The van der Waals surface area contributed by atoms with E-state index in [1.54, 1.807) is 19.1 Å². The van der Waals surface area contributed by atoms with Crippen LogP contribution in [0, 0.1) is 0 Å². The zero-order valence-electron chi connectivity index (χ0n) is 42.7. The maximum Gasteiger partial charge on any atom is 0.413 e. The summed E-state index contributed by atoms with van der Waals surface area (Å²) in [5.74, 6) is -2.30. The topological polar surface area (TPSA) is 324 Å². The lowest BCUT2D eigenvalue weighted by Crippen LogP contribution is -2.48. The van der Waals surface area contributed by atoms with Crippen molar-refractivity contribution in [1.29, 1.82) is 0 Å². The Morgan fingerprint density at radius 2 is 1.05 bits per heavy atom. The molecule has 7 rings (SSSR count). The SMILES string of the molecule is CCOC(=O)CN(CCNC(=O)CN(CC(N)CCCCNC(=O)OCc1ccccc1)C(=O)Cn1cnc2c(NC(=O)OCc3ccccc3)ncnc21)C(=O)Cn1cnc2c(NC(=O)OCc3ccccc3)ncnc21. The summed E-state index contributed by atoms with van der Waals surface area (Å²) in [6, 6.07) is 26.8. The van der Waals surface area contributed by atoms with Gasteiger partial charge in [0.1, 0.15) is 52.1 Å². The summed E-state index contributed by atoms with van der Waals surface area (Å²) in [6.07, 6.45) is 4.47. The smallest absolute Gasteiger partial charge is 0.413 e. The number of ether oxygens (including phenoxy) is 4. The fraction of sp³-hybridized carbons (Fsp3) is 0.327. The summed E-state index contributed by atoms with van der Waals surface area (Å²) in [5.41, 5.74) is 9.74. The van der Waals surface area contributed by atoms with Crippen molar-refractivity contribution >= 4 is 75.9 Å². The molecular formula is C52H59N15O11. The van der Waals surface area contributed by atoms with E-state index in [-0.39, 0.29) is 93.1 Å². The summed E-state index contributed by atoms with van der Waals surface area (Å²) >= 11 is 0. The van der Waals surface area contributed by atoms with Gasteiger partial charge in [0.05, 0.1) is 25.8 Å². The Balaban J connectivity index is 0.965. The summed E-state index contributed by atoms with van der Waals surface area (Å²) < 4.78 is 23.9. The second kappa shape index (κ2) is 28.9. The molecule has 4 heterocycles. The molecule has 26 heteroatoms. The first-order chi connectivity index (χ1) is 37.9. The van der Waals surface area contributed by atoms with Crippen molar-refractivity contribution in [1.82, 2.24) is 59.5 Å². The van der Waals surface area contributed by atoms with E-state index >= 15 is 0 Å². The van der Waals surface area contributed by atoms with Gasteiger partial charge in [-0.15, -0.1) is 0 Å². The molecule has 0 saturated carbocycles. The Hall–Kier alpha value is -9.59. The molecular weight excluding hydrogens is 1010 g/mol. The number of nitrogens with two attached hydrogens (primary N) is 1. The molecule has 0 saturated heterocycles. The van der Waals surface area contributed by atoms with Crippen LogP contribution in [0.15, 0.2) is 116 Å². The predicted molar refractivity (Wildman–Crippen MR) is 280 cm³/mol. The molecule has 7 aromatic rings. The number of unbranched alkanes of at least 4 members (excludes halogenated alkanes) is 1. The van der Waals surface area contributed by atoms with Crippen molar-refractivity contribution in [3.63, 3.8) is 0 Å². The average Bonchev–Trinajstić information content (AvgIpc) is 4.06. The van der Waals surface area contributed by atoms with Crippen LogP contribution in [0.4, 0.5) is 26.0 Å². The highest BCUT2D eigenvalue weighted by Crippen LogP contribution is 2.20. The molecule has 26 nitrogen and oxygen atoms in total. The largest absolute Gasteiger partial charge is 0.465 e. The Morgan fingerprint density at radius 3 is 1.55 bits per heavy atom. The van der Waals surface area contributed by atoms with Gasteiger partial charge < -0.3 is 54.2 Å². The number of benzene rings is 3. The number of carbonyl (C=O) groups is 7. The lowest BCUT2D eigenvalue weighted by Gasteiger charge is -2.26. The van der Waals surface area contributed by atoms with Crippen molar-refractivity contribution in [3.8, 4) is 0 Å². The molecule has 0 radical (unpaired) electrons. The Kier molecular flexibility index (Phi) is 20.8. The highest BCUT2D eigenvalue weighted by atomic mass is 16.6. The number of nitrogens with zero attached hydrogens (tertiary/aromatic N) is 10. The third-order valence-electron chi connectivity index (χ3n) is 11.6. The number of fused-ring (bicyclic) bond motifs is 2. The minimum absolute atomic E-state index is 0.0124. The number of hydrogen-bond acceptors (Lipinski definition) is 18. The fourth-order valence-electron chi connectivity index (χ4n) is 7.72. The normalized spacial score (nSPS) is 11.3. The Bertz CT molecular complexity index is 3130.